The third-order valence-corrected chi connectivity index (χ3v) is 10.7. The summed E-state index contributed by atoms with van der Waals surface area (Å²) in [5, 5.41) is 12.4. The molecular formula is C28H42O6. The van der Waals surface area contributed by atoms with E-state index in [9.17, 15) is 9.90 Å². The van der Waals surface area contributed by atoms with Gasteiger partial charge in [0.15, 0.2) is 6.79 Å². The van der Waals surface area contributed by atoms with E-state index in [1.54, 1.807) is 6.92 Å². The van der Waals surface area contributed by atoms with Crippen LogP contribution in [0.5, 0.6) is 0 Å². The van der Waals surface area contributed by atoms with Crippen LogP contribution in [0, 0.1) is 34.5 Å². The SMILES string of the molecule is CCOC(=O)OCO[C@H]1CC[C@@]2(C)[C@H](CC[C@@H]3[C@@H]2CC[C@]2(C)[C@@H](C4=COCC=C4)CC[C@]32O)C1. The third kappa shape index (κ3) is 3.80. The summed E-state index contributed by atoms with van der Waals surface area (Å²) in [5.74, 6) is 1.91. The Morgan fingerprint density at radius 1 is 1.09 bits per heavy atom. The number of rotatable bonds is 5. The molecule has 0 aromatic carbocycles. The normalized spacial score (nSPS) is 45.3. The van der Waals surface area contributed by atoms with E-state index in [1.807, 2.05) is 6.26 Å². The van der Waals surface area contributed by atoms with Gasteiger partial charge in [0.25, 0.3) is 0 Å². The molecule has 0 amide bonds. The first-order chi connectivity index (χ1) is 16.3. The molecule has 0 saturated heterocycles. The molecule has 5 aliphatic rings. The number of hydrogen-bond acceptors (Lipinski definition) is 6. The van der Waals surface area contributed by atoms with Crippen molar-refractivity contribution < 1.29 is 28.8 Å². The van der Waals surface area contributed by atoms with Crippen LogP contribution in [0.3, 0.4) is 0 Å². The second-order valence-electron chi connectivity index (χ2n) is 11.8. The molecule has 8 atom stereocenters. The Bertz CT molecular complexity index is 837. The van der Waals surface area contributed by atoms with Crippen LogP contribution in [0.4, 0.5) is 4.79 Å². The average molecular weight is 475 g/mol. The van der Waals surface area contributed by atoms with Crippen LogP contribution in [-0.2, 0) is 18.9 Å². The molecular weight excluding hydrogens is 432 g/mol. The van der Waals surface area contributed by atoms with Crippen molar-refractivity contribution >= 4 is 6.16 Å². The van der Waals surface area contributed by atoms with E-state index in [0.29, 0.717) is 36.9 Å². The van der Waals surface area contributed by atoms with Gasteiger partial charge in [-0.2, -0.15) is 0 Å². The molecule has 0 aromatic rings. The first-order valence-corrected chi connectivity index (χ1v) is 13.4. The summed E-state index contributed by atoms with van der Waals surface area (Å²) in [6.45, 7) is 7.52. The summed E-state index contributed by atoms with van der Waals surface area (Å²) in [6.07, 6.45) is 15.3. The van der Waals surface area contributed by atoms with Gasteiger partial charge in [-0.3, -0.25) is 0 Å². The van der Waals surface area contributed by atoms with E-state index in [2.05, 4.69) is 26.0 Å². The first-order valence-electron chi connectivity index (χ1n) is 13.4. The van der Waals surface area contributed by atoms with Crippen molar-refractivity contribution in [2.45, 2.75) is 90.3 Å². The van der Waals surface area contributed by atoms with Crippen LogP contribution in [0.2, 0.25) is 0 Å². The summed E-state index contributed by atoms with van der Waals surface area (Å²) in [5.41, 5.74) is 0.832. The summed E-state index contributed by atoms with van der Waals surface area (Å²) in [7, 11) is 0. The van der Waals surface area contributed by atoms with Crippen molar-refractivity contribution in [1.29, 1.82) is 0 Å². The molecule has 4 fully saturated rings. The first kappa shape index (κ1) is 24.2. The van der Waals surface area contributed by atoms with E-state index in [-0.39, 0.29) is 23.7 Å². The Balaban J connectivity index is 1.26. The monoisotopic (exact) mass is 474 g/mol. The van der Waals surface area contributed by atoms with Crippen molar-refractivity contribution in [3.05, 3.63) is 24.0 Å². The smallest absolute Gasteiger partial charge is 0.497 e. The standard InChI is InChI=1S/C28H42O6/c1-4-32-25(29)34-18-33-21-9-12-26(2)20(16-21)7-8-24-23(26)10-13-27(3)22(11-14-28(24,27)30)19-6-5-15-31-17-19/h5-6,17,20-24,30H,4,7-16,18H2,1-3H3/t20-,21+,22-,23+,24-,26+,27-,28+/m1/s1. The second kappa shape index (κ2) is 9.16. The fraction of sp³-hybridized carbons (Fsp3) is 0.821. The van der Waals surface area contributed by atoms with E-state index < -0.39 is 11.8 Å². The van der Waals surface area contributed by atoms with Crippen LogP contribution < -0.4 is 0 Å². The third-order valence-electron chi connectivity index (χ3n) is 10.7. The maximum absolute atomic E-state index is 12.4. The van der Waals surface area contributed by atoms with Gasteiger partial charge >= 0.3 is 6.16 Å². The summed E-state index contributed by atoms with van der Waals surface area (Å²) < 4.78 is 21.4. The average Bonchev–Trinajstić information content (AvgIpc) is 3.11. The van der Waals surface area contributed by atoms with E-state index >= 15 is 0 Å². The van der Waals surface area contributed by atoms with Crippen LogP contribution in [0.15, 0.2) is 24.0 Å². The van der Waals surface area contributed by atoms with Gasteiger partial charge in [-0.05, 0) is 105 Å². The molecule has 1 heterocycles. The second-order valence-corrected chi connectivity index (χ2v) is 11.8. The Labute approximate surface area is 204 Å². The van der Waals surface area contributed by atoms with Crippen molar-refractivity contribution in [3.8, 4) is 0 Å². The molecule has 0 bridgehead atoms. The van der Waals surface area contributed by atoms with Crippen LogP contribution >= 0.6 is 0 Å². The van der Waals surface area contributed by atoms with Gasteiger partial charge in [0.1, 0.15) is 6.61 Å². The molecule has 0 spiro atoms. The Morgan fingerprint density at radius 2 is 1.94 bits per heavy atom. The Kier molecular flexibility index (Phi) is 6.52. The number of allylic oxidation sites excluding steroid dienone is 2. The lowest BCUT2D eigenvalue weighted by molar-refractivity contribution is -0.212. The van der Waals surface area contributed by atoms with E-state index in [4.69, 9.17) is 18.9 Å². The highest BCUT2D eigenvalue weighted by Crippen LogP contribution is 2.70. The summed E-state index contributed by atoms with van der Waals surface area (Å²) in [4.78, 5) is 11.4. The van der Waals surface area contributed by atoms with Gasteiger partial charge < -0.3 is 24.1 Å². The minimum Gasteiger partial charge on any atom is -0.497 e. The molecule has 0 radical (unpaired) electrons. The quantitative estimate of drug-likeness (QED) is 0.404. The molecule has 6 nitrogen and oxygen atoms in total. The number of carbonyl (C=O) groups excluding carboxylic acids is 1. The van der Waals surface area contributed by atoms with Crippen LogP contribution in [-0.4, -0.2) is 43.0 Å². The predicted octanol–water partition coefficient (Wildman–Crippen LogP) is 5.75. The minimum absolute atomic E-state index is 0.0352. The van der Waals surface area contributed by atoms with E-state index in [1.165, 1.54) is 12.0 Å². The fourth-order valence-electron chi connectivity index (χ4n) is 8.83. The number of carbonyl (C=O) groups is 1. The molecule has 1 N–H and O–H groups in total. The Hall–Kier alpha value is -1.53. The Morgan fingerprint density at radius 3 is 2.71 bits per heavy atom. The fourth-order valence-corrected chi connectivity index (χ4v) is 8.83. The molecule has 4 saturated carbocycles. The zero-order valence-electron chi connectivity index (χ0n) is 21.1. The van der Waals surface area contributed by atoms with E-state index in [0.717, 1.165) is 51.4 Å². The maximum Gasteiger partial charge on any atom is 0.510 e. The number of ether oxygens (including phenoxy) is 4. The summed E-state index contributed by atoms with van der Waals surface area (Å²) in [6, 6.07) is 0. The number of fused-ring (bicyclic) bond motifs is 5. The number of aliphatic hydroxyl groups is 1. The van der Waals surface area contributed by atoms with Crippen molar-refractivity contribution in [1.82, 2.24) is 0 Å². The van der Waals surface area contributed by atoms with Gasteiger partial charge in [0.2, 0.25) is 0 Å². The minimum atomic E-state index is -0.664. The predicted molar refractivity (Wildman–Crippen MR) is 128 cm³/mol. The van der Waals surface area contributed by atoms with Crippen molar-refractivity contribution in [2.24, 2.45) is 34.5 Å². The van der Waals surface area contributed by atoms with Crippen molar-refractivity contribution in [2.75, 3.05) is 20.0 Å². The highest BCUT2D eigenvalue weighted by atomic mass is 16.8. The lowest BCUT2D eigenvalue weighted by atomic mass is 9.43. The van der Waals surface area contributed by atoms with Gasteiger partial charge in [0.05, 0.1) is 24.6 Å². The highest BCUT2D eigenvalue weighted by molar-refractivity contribution is 5.59. The topological polar surface area (TPSA) is 74.2 Å². The summed E-state index contributed by atoms with van der Waals surface area (Å²) >= 11 is 0. The van der Waals surface area contributed by atoms with Crippen LogP contribution in [0.1, 0.15) is 78.6 Å². The molecule has 4 aliphatic carbocycles. The molecule has 6 heteroatoms. The molecule has 0 unspecified atom stereocenters. The van der Waals surface area contributed by atoms with Gasteiger partial charge in [0, 0.05) is 5.41 Å². The molecule has 1 aliphatic heterocycles. The zero-order valence-corrected chi connectivity index (χ0v) is 21.1. The highest BCUT2D eigenvalue weighted by Gasteiger charge is 2.67. The van der Waals surface area contributed by atoms with Gasteiger partial charge in [-0.25, -0.2) is 4.79 Å². The molecule has 5 rings (SSSR count). The van der Waals surface area contributed by atoms with Crippen molar-refractivity contribution in [3.63, 3.8) is 0 Å². The lowest BCUT2D eigenvalue weighted by Crippen LogP contribution is -2.62. The molecule has 190 valence electrons. The lowest BCUT2D eigenvalue weighted by Gasteiger charge is -2.63. The largest absolute Gasteiger partial charge is 0.510 e. The maximum atomic E-state index is 12.4. The molecule has 0 aromatic heterocycles. The number of hydrogen-bond donors (Lipinski definition) is 1. The van der Waals surface area contributed by atoms with Gasteiger partial charge in [-0.1, -0.05) is 19.9 Å². The van der Waals surface area contributed by atoms with Gasteiger partial charge in [-0.15, -0.1) is 0 Å². The van der Waals surface area contributed by atoms with Crippen LogP contribution in [0.25, 0.3) is 0 Å². The zero-order chi connectivity index (χ0) is 24.0. The molecule has 34 heavy (non-hydrogen) atoms.